The van der Waals surface area contributed by atoms with E-state index in [9.17, 15) is 4.79 Å². The molecule has 0 saturated carbocycles. The first-order valence-electron chi connectivity index (χ1n) is 6.34. The second kappa shape index (κ2) is 7.89. The minimum atomic E-state index is -0.215. The SMILES string of the molecule is COc1cc(OC)c(N)c(C(=O)NC(C)CCSC)c1. The van der Waals surface area contributed by atoms with Gasteiger partial charge < -0.3 is 20.5 Å². The number of methoxy groups -OCH3 is 2. The number of anilines is 1. The fourth-order valence-electron chi connectivity index (χ4n) is 1.74. The van der Waals surface area contributed by atoms with Crippen molar-refractivity contribution < 1.29 is 14.3 Å². The number of amides is 1. The van der Waals surface area contributed by atoms with E-state index in [4.69, 9.17) is 15.2 Å². The van der Waals surface area contributed by atoms with Crippen molar-refractivity contribution in [1.29, 1.82) is 0 Å². The summed E-state index contributed by atoms with van der Waals surface area (Å²) in [4.78, 5) is 12.3. The number of ether oxygens (including phenoxy) is 2. The van der Waals surface area contributed by atoms with E-state index in [1.54, 1.807) is 23.9 Å². The maximum absolute atomic E-state index is 12.3. The molecule has 0 saturated heterocycles. The van der Waals surface area contributed by atoms with Crippen molar-refractivity contribution in [2.75, 3.05) is 32.0 Å². The van der Waals surface area contributed by atoms with Crippen LogP contribution >= 0.6 is 11.8 Å². The number of carbonyl (C=O) groups is 1. The molecule has 3 N–H and O–H groups in total. The highest BCUT2D eigenvalue weighted by atomic mass is 32.2. The summed E-state index contributed by atoms with van der Waals surface area (Å²) >= 11 is 1.75. The average molecular weight is 298 g/mol. The van der Waals surface area contributed by atoms with E-state index < -0.39 is 0 Å². The zero-order valence-corrected chi connectivity index (χ0v) is 13.2. The van der Waals surface area contributed by atoms with Crippen LogP contribution in [0.3, 0.4) is 0 Å². The van der Waals surface area contributed by atoms with Crippen LogP contribution in [0.15, 0.2) is 12.1 Å². The van der Waals surface area contributed by atoms with Crippen LogP contribution in [0.2, 0.25) is 0 Å². The average Bonchev–Trinajstić information content (AvgIpc) is 2.45. The van der Waals surface area contributed by atoms with Crippen LogP contribution < -0.4 is 20.5 Å². The Hall–Kier alpha value is -1.56. The molecular formula is C14H22N2O3S. The molecule has 0 fully saturated rings. The smallest absolute Gasteiger partial charge is 0.253 e. The Kier molecular flexibility index (Phi) is 6.51. The van der Waals surface area contributed by atoms with Crippen molar-refractivity contribution in [2.24, 2.45) is 0 Å². The number of rotatable bonds is 7. The molecule has 20 heavy (non-hydrogen) atoms. The number of nitrogen functional groups attached to an aromatic ring is 1. The molecule has 5 nitrogen and oxygen atoms in total. The van der Waals surface area contributed by atoms with Gasteiger partial charge in [0.15, 0.2) is 0 Å². The largest absolute Gasteiger partial charge is 0.497 e. The molecule has 1 amide bonds. The van der Waals surface area contributed by atoms with Crippen molar-refractivity contribution in [2.45, 2.75) is 19.4 Å². The molecule has 1 aromatic rings. The summed E-state index contributed by atoms with van der Waals surface area (Å²) < 4.78 is 10.3. The Morgan fingerprint density at radius 1 is 1.40 bits per heavy atom. The minimum absolute atomic E-state index is 0.0894. The summed E-state index contributed by atoms with van der Waals surface area (Å²) in [6.07, 6.45) is 2.95. The first kappa shape index (κ1) is 16.5. The van der Waals surface area contributed by atoms with Gasteiger partial charge in [-0.15, -0.1) is 0 Å². The molecule has 0 aliphatic heterocycles. The van der Waals surface area contributed by atoms with E-state index in [0.717, 1.165) is 12.2 Å². The lowest BCUT2D eigenvalue weighted by atomic mass is 10.1. The first-order valence-corrected chi connectivity index (χ1v) is 7.74. The molecule has 0 radical (unpaired) electrons. The summed E-state index contributed by atoms with van der Waals surface area (Å²) in [6, 6.07) is 3.36. The maximum atomic E-state index is 12.3. The Morgan fingerprint density at radius 3 is 2.65 bits per heavy atom. The fourth-order valence-corrected chi connectivity index (χ4v) is 2.33. The quantitative estimate of drug-likeness (QED) is 0.755. The normalized spacial score (nSPS) is 11.8. The van der Waals surface area contributed by atoms with Crippen LogP contribution in [0.5, 0.6) is 11.5 Å². The lowest BCUT2D eigenvalue weighted by Gasteiger charge is -2.16. The van der Waals surface area contributed by atoms with E-state index in [0.29, 0.717) is 22.7 Å². The van der Waals surface area contributed by atoms with Crippen LogP contribution in [0.4, 0.5) is 5.69 Å². The van der Waals surface area contributed by atoms with Gasteiger partial charge in [0.25, 0.3) is 5.91 Å². The topological polar surface area (TPSA) is 73.6 Å². The number of nitrogens with two attached hydrogens (primary N) is 1. The second-order valence-electron chi connectivity index (χ2n) is 4.45. The molecule has 1 unspecified atom stereocenters. The molecule has 1 aromatic carbocycles. The zero-order chi connectivity index (χ0) is 15.1. The Bertz CT molecular complexity index is 466. The van der Waals surface area contributed by atoms with Gasteiger partial charge in [0.1, 0.15) is 11.5 Å². The van der Waals surface area contributed by atoms with Crippen molar-refractivity contribution in [3.63, 3.8) is 0 Å². The van der Waals surface area contributed by atoms with Crippen molar-refractivity contribution in [3.8, 4) is 11.5 Å². The predicted octanol–water partition coefficient (Wildman–Crippen LogP) is 2.16. The van der Waals surface area contributed by atoms with E-state index in [-0.39, 0.29) is 11.9 Å². The highest BCUT2D eigenvalue weighted by molar-refractivity contribution is 7.98. The monoisotopic (exact) mass is 298 g/mol. The lowest BCUT2D eigenvalue weighted by Crippen LogP contribution is -2.33. The van der Waals surface area contributed by atoms with Gasteiger partial charge in [0.2, 0.25) is 0 Å². The first-order chi connectivity index (χ1) is 9.53. The van der Waals surface area contributed by atoms with Crippen molar-refractivity contribution in [1.82, 2.24) is 5.32 Å². The number of thioether (sulfide) groups is 1. The van der Waals surface area contributed by atoms with E-state index >= 15 is 0 Å². The third-order valence-corrected chi connectivity index (χ3v) is 3.59. The van der Waals surface area contributed by atoms with Gasteiger partial charge >= 0.3 is 0 Å². The van der Waals surface area contributed by atoms with Crippen LogP contribution in [-0.4, -0.2) is 38.2 Å². The van der Waals surface area contributed by atoms with Crippen molar-refractivity contribution in [3.05, 3.63) is 17.7 Å². The molecule has 1 rings (SSSR count). The van der Waals surface area contributed by atoms with Crippen LogP contribution in [-0.2, 0) is 0 Å². The third-order valence-electron chi connectivity index (χ3n) is 2.95. The highest BCUT2D eigenvalue weighted by Crippen LogP contribution is 2.31. The fraction of sp³-hybridized carbons (Fsp3) is 0.500. The molecule has 0 bridgehead atoms. The van der Waals surface area contributed by atoms with Gasteiger partial charge in [-0.25, -0.2) is 0 Å². The minimum Gasteiger partial charge on any atom is -0.497 e. The Labute approximate surface area is 124 Å². The van der Waals surface area contributed by atoms with Crippen LogP contribution in [0, 0.1) is 0 Å². The number of benzene rings is 1. The van der Waals surface area contributed by atoms with Crippen molar-refractivity contribution >= 4 is 23.4 Å². The molecule has 112 valence electrons. The molecular weight excluding hydrogens is 276 g/mol. The maximum Gasteiger partial charge on any atom is 0.253 e. The summed E-state index contributed by atoms with van der Waals surface area (Å²) in [5.41, 5.74) is 6.64. The number of hydrogen-bond donors (Lipinski definition) is 2. The molecule has 0 aliphatic rings. The van der Waals surface area contributed by atoms with Gasteiger partial charge in [0.05, 0.1) is 25.5 Å². The Morgan fingerprint density at radius 2 is 2.10 bits per heavy atom. The molecule has 6 heteroatoms. The Balaban J connectivity index is 2.91. The molecule has 0 spiro atoms. The summed E-state index contributed by atoms with van der Waals surface area (Å²) in [6.45, 7) is 1.97. The predicted molar refractivity (Wildman–Crippen MR) is 83.9 cm³/mol. The van der Waals surface area contributed by atoms with Crippen LogP contribution in [0.25, 0.3) is 0 Å². The number of hydrogen-bond acceptors (Lipinski definition) is 5. The van der Waals surface area contributed by atoms with Gasteiger partial charge in [-0.1, -0.05) is 0 Å². The summed E-state index contributed by atoms with van der Waals surface area (Å²) in [7, 11) is 3.04. The zero-order valence-electron chi connectivity index (χ0n) is 12.4. The number of nitrogens with one attached hydrogen (secondary N) is 1. The van der Waals surface area contributed by atoms with E-state index in [2.05, 4.69) is 5.32 Å². The lowest BCUT2D eigenvalue weighted by molar-refractivity contribution is 0.0940. The highest BCUT2D eigenvalue weighted by Gasteiger charge is 2.17. The van der Waals surface area contributed by atoms with Gasteiger partial charge in [-0.2, -0.15) is 11.8 Å². The molecule has 0 aromatic heterocycles. The van der Waals surface area contributed by atoms with Gasteiger partial charge in [-0.3, -0.25) is 4.79 Å². The summed E-state index contributed by atoms with van der Waals surface area (Å²) in [5.74, 6) is 1.76. The van der Waals surface area contributed by atoms with E-state index in [1.807, 2.05) is 13.2 Å². The van der Waals surface area contributed by atoms with Gasteiger partial charge in [-0.05, 0) is 31.4 Å². The second-order valence-corrected chi connectivity index (χ2v) is 5.43. The number of carbonyl (C=O) groups excluding carboxylic acids is 1. The van der Waals surface area contributed by atoms with E-state index in [1.165, 1.54) is 14.2 Å². The molecule has 0 aliphatic carbocycles. The van der Waals surface area contributed by atoms with Crippen LogP contribution in [0.1, 0.15) is 23.7 Å². The molecule has 1 atom stereocenters. The van der Waals surface area contributed by atoms with Gasteiger partial charge in [0, 0.05) is 12.1 Å². The molecule has 0 heterocycles. The standard InChI is InChI=1S/C14H22N2O3S/c1-9(5-6-20-4)16-14(17)11-7-10(18-2)8-12(19-3)13(11)15/h7-9H,5-6,15H2,1-4H3,(H,16,17). The third kappa shape index (κ3) is 4.23. The summed E-state index contributed by atoms with van der Waals surface area (Å²) in [5, 5.41) is 2.93.